The van der Waals surface area contributed by atoms with E-state index < -0.39 is 0 Å². The predicted molar refractivity (Wildman–Crippen MR) is 88.6 cm³/mol. The average molecular weight is 336 g/mol. The van der Waals surface area contributed by atoms with Crippen molar-refractivity contribution in [2.24, 2.45) is 0 Å². The molecule has 0 spiro atoms. The lowest BCUT2D eigenvalue weighted by atomic mass is 10.1. The molecule has 2 aromatic rings. The minimum atomic E-state index is -0.138. The SMILES string of the molecule is Cl.Nc1cccc(C(=O)N2CCN(C(=O)c3ccco3)CC2)c1. The number of piperazine rings is 1. The molecule has 23 heavy (non-hydrogen) atoms. The number of nitrogens with zero attached hydrogens (tertiary/aromatic N) is 2. The van der Waals surface area contributed by atoms with Crippen LogP contribution in [0.25, 0.3) is 0 Å². The molecule has 0 aliphatic carbocycles. The molecule has 1 aliphatic rings. The number of nitrogen functional groups attached to an aromatic ring is 1. The van der Waals surface area contributed by atoms with Crippen LogP contribution in [0, 0.1) is 0 Å². The summed E-state index contributed by atoms with van der Waals surface area (Å²) in [5.41, 5.74) is 6.85. The van der Waals surface area contributed by atoms with Gasteiger partial charge in [-0.05, 0) is 30.3 Å². The predicted octanol–water partition coefficient (Wildman–Crippen LogP) is 1.88. The van der Waals surface area contributed by atoms with Gasteiger partial charge in [-0.25, -0.2) is 0 Å². The van der Waals surface area contributed by atoms with Gasteiger partial charge < -0.3 is 20.0 Å². The summed E-state index contributed by atoms with van der Waals surface area (Å²) in [6, 6.07) is 10.3. The molecule has 0 unspecified atom stereocenters. The molecule has 6 nitrogen and oxygen atoms in total. The van der Waals surface area contributed by atoms with Crippen molar-refractivity contribution in [1.82, 2.24) is 9.80 Å². The molecule has 2 amide bonds. The zero-order valence-corrected chi connectivity index (χ0v) is 13.3. The first kappa shape index (κ1) is 16.9. The minimum absolute atomic E-state index is 0. The second-order valence-electron chi connectivity index (χ2n) is 5.19. The van der Waals surface area contributed by atoms with E-state index in [2.05, 4.69) is 0 Å². The molecule has 0 saturated carbocycles. The first-order chi connectivity index (χ1) is 10.6. The number of carbonyl (C=O) groups excluding carboxylic acids is 2. The summed E-state index contributed by atoms with van der Waals surface area (Å²) in [5, 5.41) is 0. The molecular formula is C16H18ClN3O3. The maximum Gasteiger partial charge on any atom is 0.289 e. The number of halogens is 1. The van der Waals surface area contributed by atoms with Gasteiger partial charge in [-0.2, -0.15) is 0 Å². The largest absolute Gasteiger partial charge is 0.459 e. The average Bonchev–Trinajstić information content (AvgIpc) is 3.08. The van der Waals surface area contributed by atoms with E-state index in [-0.39, 0.29) is 24.2 Å². The second kappa shape index (κ2) is 7.19. The molecule has 122 valence electrons. The fourth-order valence-electron chi connectivity index (χ4n) is 2.52. The first-order valence-electron chi connectivity index (χ1n) is 7.13. The van der Waals surface area contributed by atoms with Gasteiger partial charge in [0, 0.05) is 37.4 Å². The lowest BCUT2D eigenvalue weighted by molar-refractivity contribution is 0.0518. The highest BCUT2D eigenvalue weighted by atomic mass is 35.5. The summed E-state index contributed by atoms with van der Waals surface area (Å²) >= 11 is 0. The third-order valence-corrected chi connectivity index (χ3v) is 3.72. The van der Waals surface area contributed by atoms with Crippen LogP contribution >= 0.6 is 12.4 Å². The second-order valence-corrected chi connectivity index (χ2v) is 5.19. The van der Waals surface area contributed by atoms with Crippen molar-refractivity contribution < 1.29 is 14.0 Å². The van der Waals surface area contributed by atoms with Crippen molar-refractivity contribution in [3.05, 3.63) is 54.0 Å². The highest BCUT2D eigenvalue weighted by Crippen LogP contribution is 2.13. The third kappa shape index (κ3) is 3.65. The monoisotopic (exact) mass is 335 g/mol. The Bertz CT molecular complexity index is 680. The Morgan fingerprint density at radius 1 is 0.957 bits per heavy atom. The normalized spacial score (nSPS) is 14.3. The van der Waals surface area contributed by atoms with E-state index in [9.17, 15) is 9.59 Å². The Morgan fingerprint density at radius 3 is 2.17 bits per heavy atom. The summed E-state index contributed by atoms with van der Waals surface area (Å²) in [6.45, 7) is 1.99. The van der Waals surface area contributed by atoms with Crippen LogP contribution in [-0.4, -0.2) is 47.8 Å². The van der Waals surface area contributed by atoms with Gasteiger partial charge in [0.1, 0.15) is 0 Å². The van der Waals surface area contributed by atoms with E-state index in [4.69, 9.17) is 10.2 Å². The standard InChI is InChI=1S/C16H17N3O3.ClH/c17-13-4-1-3-12(11-13)15(20)18-6-8-19(9-7-18)16(21)14-5-2-10-22-14;/h1-5,10-11H,6-9,17H2;1H. The van der Waals surface area contributed by atoms with Crippen LogP contribution in [0.15, 0.2) is 47.1 Å². The minimum Gasteiger partial charge on any atom is -0.459 e. The van der Waals surface area contributed by atoms with Gasteiger partial charge in [0.25, 0.3) is 11.8 Å². The zero-order chi connectivity index (χ0) is 15.5. The van der Waals surface area contributed by atoms with Crippen LogP contribution in [0.2, 0.25) is 0 Å². The van der Waals surface area contributed by atoms with Crippen molar-refractivity contribution in [3.8, 4) is 0 Å². The van der Waals surface area contributed by atoms with Gasteiger partial charge in [0.15, 0.2) is 5.76 Å². The summed E-state index contributed by atoms with van der Waals surface area (Å²) in [5.74, 6) is 0.133. The van der Waals surface area contributed by atoms with E-state index in [1.54, 1.807) is 46.2 Å². The summed E-state index contributed by atoms with van der Waals surface area (Å²) in [6.07, 6.45) is 1.48. The highest BCUT2D eigenvalue weighted by Gasteiger charge is 2.26. The number of furan rings is 1. The number of rotatable bonds is 2. The Labute approximate surface area is 140 Å². The molecule has 0 bridgehead atoms. The first-order valence-corrected chi connectivity index (χ1v) is 7.13. The summed E-state index contributed by atoms with van der Waals surface area (Å²) < 4.78 is 5.12. The number of amides is 2. The fourth-order valence-corrected chi connectivity index (χ4v) is 2.52. The molecule has 0 atom stereocenters. The number of benzene rings is 1. The van der Waals surface area contributed by atoms with Crippen LogP contribution in [-0.2, 0) is 0 Å². The van der Waals surface area contributed by atoms with Crippen LogP contribution in [0.5, 0.6) is 0 Å². The van der Waals surface area contributed by atoms with Crippen molar-refractivity contribution in [2.75, 3.05) is 31.9 Å². The molecule has 0 radical (unpaired) electrons. The van der Waals surface area contributed by atoms with Gasteiger partial charge in [-0.15, -0.1) is 12.4 Å². The topological polar surface area (TPSA) is 79.8 Å². The molecule has 1 saturated heterocycles. The number of carbonyl (C=O) groups is 2. The maximum absolute atomic E-state index is 12.4. The van der Waals surface area contributed by atoms with Gasteiger partial charge in [-0.1, -0.05) is 6.07 Å². The van der Waals surface area contributed by atoms with Crippen molar-refractivity contribution in [1.29, 1.82) is 0 Å². The van der Waals surface area contributed by atoms with Crippen molar-refractivity contribution >= 4 is 29.9 Å². The van der Waals surface area contributed by atoms with Crippen LogP contribution in [0.3, 0.4) is 0 Å². The van der Waals surface area contributed by atoms with E-state index in [0.717, 1.165) is 0 Å². The van der Waals surface area contributed by atoms with E-state index in [1.165, 1.54) is 6.26 Å². The maximum atomic E-state index is 12.4. The van der Waals surface area contributed by atoms with Crippen LogP contribution < -0.4 is 5.73 Å². The molecule has 1 aliphatic heterocycles. The highest BCUT2D eigenvalue weighted by molar-refractivity contribution is 5.95. The summed E-state index contributed by atoms with van der Waals surface area (Å²) in [4.78, 5) is 28.0. The van der Waals surface area contributed by atoms with Crippen molar-refractivity contribution in [2.45, 2.75) is 0 Å². The number of nitrogens with two attached hydrogens (primary N) is 1. The van der Waals surface area contributed by atoms with Gasteiger partial charge in [-0.3, -0.25) is 9.59 Å². The quantitative estimate of drug-likeness (QED) is 0.850. The van der Waals surface area contributed by atoms with Gasteiger partial charge in [0.2, 0.25) is 0 Å². The summed E-state index contributed by atoms with van der Waals surface area (Å²) in [7, 11) is 0. The molecular weight excluding hydrogens is 318 g/mol. The van der Waals surface area contributed by atoms with Crippen LogP contribution in [0.1, 0.15) is 20.9 Å². The Balaban J connectivity index is 0.00000192. The Kier molecular flexibility index (Phi) is 5.28. The van der Waals surface area contributed by atoms with Crippen molar-refractivity contribution in [3.63, 3.8) is 0 Å². The third-order valence-electron chi connectivity index (χ3n) is 3.72. The van der Waals surface area contributed by atoms with E-state index in [1.807, 2.05) is 0 Å². The number of hydrogen-bond acceptors (Lipinski definition) is 4. The van der Waals surface area contributed by atoms with E-state index in [0.29, 0.717) is 43.2 Å². The van der Waals surface area contributed by atoms with Gasteiger partial charge in [0.05, 0.1) is 6.26 Å². The molecule has 3 rings (SSSR count). The molecule has 7 heteroatoms. The molecule has 2 heterocycles. The number of hydrogen-bond donors (Lipinski definition) is 1. The van der Waals surface area contributed by atoms with Crippen LogP contribution in [0.4, 0.5) is 5.69 Å². The molecule has 1 fully saturated rings. The zero-order valence-electron chi connectivity index (χ0n) is 12.5. The Hall–Kier alpha value is -2.47. The lowest BCUT2D eigenvalue weighted by Gasteiger charge is -2.34. The van der Waals surface area contributed by atoms with E-state index >= 15 is 0 Å². The lowest BCUT2D eigenvalue weighted by Crippen LogP contribution is -2.50. The smallest absolute Gasteiger partial charge is 0.289 e. The molecule has 2 N–H and O–H groups in total. The number of anilines is 1. The van der Waals surface area contributed by atoms with Gasteiger partial charge >= 0.3 is 0 Å². The molecule has 1 aromatic heterocycles. The Morgan fingerprint density at radius 2 is 1.61 bits per heavy atom. The molecule has 1 aromatic carbocycles. The fraction of sp³-hybridized carbons (Fsp3) is 0.250.